The quantitative estimate of drug-likeness (QED) is 0.0373. The van der Waals surface area contributed by atoms with Gasteiger partial charge in [0.25, 0.3) is 5.69 Å². The average Bonchev–Trinajstić information content (AvgIpc) is 3.91. The summed E-state index contributed by atoms with van der Waals surface area (Å²) in [6, 6.07) is 38.5. The third-order valence-electron chi connectivity index (χ3n) is 13.2. The normalized spacial score (nSPS) is 21.2. The van der Waals surface area contributed by atoms with Crippen LogP contribution in [0.3, 0.4) is 0 Å². The topological polar surface area (TPSA) is 253 Å². The van der Waals surface area contributed by atoms with E-state index in [4.69, 9.17) is 19.9 Å². The lowest BCUT2D eigenvalue weighted by atomic mass is 9.65. The number of nitrogens with one attached hydrogen (secondary N) is 2. The van der Waals surface area contributed by atoms with Gasteiger partial charge in [-0.25, -0.2) is 14.5 Å². The maximum absolute atomic E-state index is 16.6. The lowest BCUT2D eigenvalue weighted by Crippen LogP contribution is -2.56. The van der Waals surface area contributed by atoms with Crippen molar-refractivity contribution in [2.24, 2.45) is 11.7 Å². The molecule has 18 nitrogen and oxygen atoms in total. The number of nitrogens with two attached hydrogens (primary N) is 1. The third kappa shape index (κ3) is 9.43. The van der Waals surface area contributed by atoms with E-state index in [1.54, 1.807) is 89.8 Å². The molecule has 5 amide bonds. The third-order valence-corrected chi connectivity index (χ3v) is 13.2. The number of para-hydroxylation sites is 1. The number of nitro benzene ring substituents is 1. The van der Waals surface area contributed by atoms with Crippen molar-refractivity contribution < 1.29 is 53.3 Å². The summed E-state index contributed by atoms with van der Waals surface area (Å²) in [6.45, 7) is -1.55. The SMILES string of the molecule is NC(=O)NCC#Cc1ccc2c(c1)[C@]1(C(=O)N2C(=O)OCc2ccc([N+](=O)[O-])cc2)[C@H](c2ccccc2OCCO)N2[C@H](c3ccccc3)[C@H](c3ccccc3)OC(=O)[C@H]2[C@@H]1C(=O)NC[C@H](O)c1ccccc1. The van der Waals surface area contributed by atoms with Crippen molar-refractivity contribution in [3.8, 4) is 17.6 Å². The molecule has 0 bridgehead atoms. The number of amides is 5. The van der Waals surface area contributed by atoms with E-state index in [0.29, 0.717) is 27.8 Å². The number of urea groups is 1. The fourth-order valence-corrected chi connectivity index (χ4v) is 10.2. The van der Waals surface area contributed by atoms with E-state index < -0.39 is 89.7 Å². The van der Waals surface area contributed by atoms with Gasteiger partial charge in [0.05, 0.1) is 47.9 Å². The molecule has 3 heterocycles. The summed E-state index contributed by atoms with van der Waals surface area (Å²) >= 11 is 0. The smallest absolute Gasteiger partial charge is 0.421 e. The number of cyclic esters (lactones) is 1. The van der Waals surface area contributed by atoms with Crippen LogP contribution in [0, 0.1) is 27.9 Å². The summed E-state index contributed by atoms with van der Waals surface area (Å²) in [7, 11) is 0. The van der Waals surface area contributed by atoms with Crippen LogP contribution in [-0.4, -0.2) is 82.3 Å². The molecule has 7 atom stereocenters. The number of aliphatic hydroxyl groups excluding tert-OH is 2. The van der Waals surface area contributed by atoms with Crippen molar-refractivity contribution in [1.82, 2.24) is 15.5 Å². The molecule has 6 aromatic rings. The van der Waals surface area contributed by atoms with E-state index in [0.717, 1.165) is 4.90 Å². The summed E-state index contributed by atoms with van der Waals surface area (Å²) in [5, 5.41) is 38.3. The molecule has 0 aliphatic carbocycles. The van der Waals surface area contributed by atoms with E-state index in [1.165, 1.54) is 36.4 Å². The lowest BCUT2D eigenvalue weighted by Gasteiger charge is -2.46. The Bertz CT molecular complexity index is 3110. The summed E-state index contributed by atoms with van der Waals surface area (Å²) in [4.78, 5) is 87.8. The van der Waals surface area contributed by atoms with Crippen LogP contribution in [0.5, 0.6) is 5.75 Å². The van der Waals surface area contributed by atoms with Crippen LogP contribution in [0.4, 0.5) is 21.0 Å². The van der Waals surface area contributed by atoms with Crippen LogP contribution in [-0.2, 0) is 35.9 Å². The molecule has 3 aliphatic rings. The Hall–Kier alpha value is -8.89. The molecule has 6 N–H and O–H groups in total. The van der Waals surface area contributed by atoms with Gasteiger partial charge in [0.15, 0.2) is 0 Å². The second-order valence-corrected chi connectivity index (χ2v) is 17.4. The van der Waals surface area contributed by atoms with Crippen molar-refractivity contribution >= 4 is 41.3 Å². The van der Waals surface area contributed by atoms with E-state index in [9.17, 15) is 29.9 Å². The molecule has 3 aliphatic heterocycles. The highest BCUT2D eigenvalue weighted by Gasteiger charge is 2.76. The Labute approximate surface area is 418 Å². The summed E-state index contributed by atoms with van der Waals surface area (Å²) in [5.41, 5.74) is 5.51. The molecule has 9 rings (SSSR count). The number of anilines is 1. The number of nitro groups is 1. The highest BCUT2D eigenvalue weighted by Crippen LogP contribution is 2.66. The molecular formula is C55H48N6O12. The van der Waals surface area contributed by atoms with Crippen LogP contribution < -0.4 is 26.0 Å². The number of nitrogens with zero attached hydrogens (tertiary/aromatic N) is 3. The number of hydrogen-bond donors (Lipinski definition) is 5. The molecule has 1 spiro atoms. The largest absolute Gasteiger partial charge is 0.491 e. The van der Waals surface area contributed by atoms with Gasteiger partial charge >= 0.3 is 18.1 Å². The molecule has 18 heteroatoms. The summed E-state index contributed by atoms with van der Waals surface area (Å²) in [6.07, 6.45) is -3.47. The minimum absolute atomic E-state index is 0.0236. The second kappa shape index (κ2) is 21.2. The molecule has 0 aromatic heterocycles. The fraction of sp³-hybridized carbons (Fsp3) is 0.218. The van der Waals surface area contributed by atoms with Gasteiger partial charge in [0.1, 0.15) is 36.5 Å². The van der Waals surface area contributed by atoms with Crippen molar-refractivity contribution in [1.29, 1.82) is 0 Å². The van der Waals surface area contributed by atoms with Crippen LogP contribution in [0.1, 0.15) is 63.2 Å². The molecular weight excluding hydrogens is 937 g/mol. The van der Waals surface area contributed by atoms with Crippen molar-refractivity contribution in [2.45, 2.75) is 42.4 Å². The van der Waals surface area contributed by atoms with E-state index >= 15 is 14.4 Å². The number of carbonyl (C=O) groups is 5. The maximum atomic E-state index is 16.6. The average molecular weight is 985 g/mol. The van der Waals surface area contributed by atoms with Gasteiger partial charge in [-0.1, -0.05) is 121 Å². The minimum atomic E-state index is -2.30. The Morgan fingerprint density at radius 3 is 2.16 bits per heavy atom. The molecule has 0 unspecified atom stereocenters. The highest BCUT2D eigenvalue weighted by atomic mass is 16.6. The van der Waals surface area contributed by atoms with E-state index in [1.807, 2.05) is 36.4 Å². The van der Waals surface area contributed by atoms with Gasteiger partial charge in [-0.2, -0.15) is 0 Å². The highest BCUT2D eigenvalue weighted by molar-refractivity contribution is 6.23. The van der Waals surface area contributed by atoms with Crippen LogP contribution in [0.25, 0.3) is 0 Å². The number of hydrogen-bond acceptors (Lipinski definition) is 13. The minimum Gasteiger partial charge on any atom is -0.491 e. The Kier molecular flexibility index (Phi) is 14.3. The number of carbonyl (C=O) groups excluding carboxylic acids is 5. The van der Waals surface area contributed by atoms with E-state index in [-0.39, 0.29) is 47.9 Å². The number of rotatable bonds is 14. The van der Waals surface area contributed by atoms with Gasteiger partial charge in [0, 0.05) is 29.8 Å². The number of benzene rings is 6. The zero-order valence-corrected chi connectivity index (χ0v) is 38.9. The Morgan fingerprint density at radius 1 is 0.836 bits per heavy atom. The fourth-order valence-electron chi connectivity index (χ4n) is 10.2. The first kappa shape index (κ1) is 49.1. The zero-order chi connectivity index (χ0) is 51.2. The van der Waals surface area contributed by atoms with Crippen molar-refractivity contribution in [3.63, 3.8) is 0 Å². The van der Waals surface area contributed by atoms with Gasteiger partial charge in [-0.15, -0.1) is 0 Å². The number of non-ortho nitro benzene ring substituents is 1. The molecule has 6 aromatic carbocycles. The predicted octanol–water partition coefficient (Wildman–Crippen LogP) is 5.84. The number of esters is 1. The van der Waals surface area contributed by atoms with E-state index in [2.05, 4.69) is 22.5 Å². The van der Waals surface area contributed by atoms with Crippen LogP contribution in [0.15, 0.2) is 158 Å². The van der Waals surface area contributed by atoms with Crippen molar-refractivity contribution in [3.05, 3.63) is 207 Å². The van der Waals surface area contributed by atoms with Gasteiger partial charge in [-0.05, 0) is 64.2 Å². The second-order valence-electron chi connectivity index (χ2n) is 17.4. The van der Waals surface area contributed by atoms with Crippen LogP contribution >= 0.6 is 0 Å². The first-order chi connectivity index (χ1) is 35.4. The molecule has 370 valence electrons. The van der Waals surface area contributed by atoms with Gasteiger partial charge < -0.3 is 40.8 Å². The van der Waals surface area contributed by atoms with Gasteiger partial charge in [0.2, 0.25) is 11.8 Å². The van der Waals surface area contributed by atoms with Crippen LogP contribution in [0.2, 0.25) is 0 Å². The Morgan fingerprint density at radius 2 is 1.49 bits per heavy atom. The molecule has 0 saturated carbocycles. The first-order valence-electron chi connectivity index (χ1n) is 23.3. The van der Waals surface area contributed by atoms with Crippen molar-refractivity contribution in [2.75, 3.05) is 31.2 Å². The first-order valence-corrected chi connectivity index (χ1v) is 23.3. The number of ether oxygens (including phenoxy) is 3. The predicted molar refractivity (Wildman–Crippen MR) is 263 cm³/mol. The zero-order valence-electron chi connectivity index (χ0n) is 38.9. The molecule has 73 heavy (non-hydrogen) atoms. The molecule has 2 fully saturated rings. The number of imide groups is 1. The van der Waals surface area contributed by atoms with Gasteiger partial charge in [-0.3, -0.25) is 29.4 Å². The lowest BCUT2D eigenvalue weighted by molar-refractivity contribution is -0.384. The number of morpholine rings is 1. The number of fused-ring (bicyclic) bond motifs is 3. The molecule has 0 radical (unpaired) electrons. The maximum Gasteiger partial charge on any atom is 0.421 e. The molecule has 2 saturated heterocycles. The standard InChI is InChI=1S/C55H48N6O12/c56-53(67)57-28-12-13-34-24-27-42-41(31-34)55(52(66)59(42)54(68)72-33-35-22-25-39(26-23-35)61(69)70)45(50(64)58-32-43(63)36-14-4-1-5-15-36)47-51(65)73-48(38-18-8-3-9-19-38)46(37-16-6-2-7-17-37)60(47)49(55)40-20-10-11-21-44(40)71-30-29-62/h1-11,14-27,31,43,45-49,62-63H,28-30,32-33H2,(H,58,64)(H3,56,57,67)/t43-,45+,46+,47+,48-,49-,55+/m0/s1. The summed E-state index contributed by atoms with van der Waals surface area (Å²) < 4.78 is 18.6. The number of primary amides is 1. The summed E-state index contributed by atoms with van der Waals surface area (Å²) in [5.74, 6) is 1.53. The monoisotopic (exact) mass is 984 g/mol. The number of aliphatic hydroxyl groups is 2. The Balaban J connectivity index is 1.31.